The van der Waals surface area contributed by atoms with Crippen LogP contribution < -0.4 is 14.4 Å². The highest BCUT2D eigenvalue weighted by Crippen LogP contribution is 2.51. The van der Waals surface area contributed by atoms with E-state index >= 15 is 0 Å². The predicted molar refractivity (Wildman–Crippen MR) is 90.2 cm³/mol. The van der Waals surface area contributed by atoms with Crippen molar-refractivity contribution in [3.63, 3.8) is 0 Å². The molecule has 0 saturated heterocycles. The highest BCUT2D eigenvalue weighted by Gasteiger charge is 2.38. The summed E-state index contributed by atoms with van der Waals surface area (Å²) in [6.45, 7) is 1.04. The molecular formula is C19H22NO4+. The lowest BCUT2D eigenvalue weighted by Gasteiger charge is -2.37. The Morgan fingerprint density at radius 2 is 1.79 bits per heavy atom. The molecule has 4 rings (SSSR count). The fraction of sp³-hybridized carbons (Fsp3) is 0.368. The number of phenolic OH excluding ortho intramolecular Hbond substituents is 2. The normalized spacial score (nSPS) is 21.0. The molecule has 2 aliphatic rings. The number of phenols is 2. The van der Waals surface area contributed by atoms with Crippen LogP contribution in [0.3, 0.4) is 0 Å². The van der Waals surface area contributed by atoms with Crippen molar-refractivity contribution < 1.29 is 24.6 Å². The fourth-order valence-corrected chi connectivity index (χ4v) is 4.17. The number of hydrogen-bond donors (Lipinski definition) is 3. The van der Waals surface area contributed by atoms with E-state index in [0.29, 0.717) is 11.5 Å². The molecule has 2 aromatic rings. The molecule has 0 radical (unpaired) electrons. The summed E-state index contributed by atoms with van der Waals surface area (Å²) in [5, 5.41) is 21.0. The highest BCUT2D eigenvalue weighted by atomic mass is 16.5. The second-order valence-electron chi connectivity index (χ2n) is 6.66. The first-order valence-electron chi connectivity index (χ1n) is 8.20. The second-order valence-corrected chi connectivity index (χ2v) is 6.66. The van der Waals surface area contributed by atoms with Gasteiger partial charge in [0.05, 0.1) is 27.8 Å². The molecule has 1 aliphatic carbocycles. The van der Waals surface area contributed by atoms with E-state index in [4.69, 9.17) is 9.47 Å². The van der Waals surface area contributed by atoms with Crippen LogP contribution in [0.15, 0.2) is 18.2 Å². The molecule has 5 heteroatoms. The van der Waals surface area contributed by atoms with Crippen LogP contribution in [0, 0.1) is 0 Å². The summed E-state index contributed by atoms with van der Waals surface area (Å²) in [6, 6.07) is 5.83. The minimum absolute atomic E-state index is 0.135. The highest BCUT2D eigenvalue weighted by molar-refractivity contribution is 5.84. The van der Waals surface area contributed by atoms with E-state index < -0.39 is 0 Å². The molecule has 0 aromatic heterocycles. The number of ether oxygens (including phenoxy) is 2. The molecule has 2 aromatic carbocycles. The molecule has 1 heterocycles. The minimum Gasteiger partial charge on any atom is -0.504 e. The number of rotatable bonds is 2. The smallest absolute Gasteiger partial charge is 0.166 e. The van der Waals surface area contributed by atoms with E-state index in [-0.39, 0.29) is 17.5 Å². The van der Waals surface area contributed by atoms with Crippen LogP contribution >= 0.6 is 0 Å². The predicted octanol–water partition coefficient (Wildman–Crippen LogP) is 1.45. The van der Waals surface area contributed by atoms with Crippen molar-refractivity contribution in [3.05, 3.63) is 34.9 Å². The van der Waals surface area contributed by atoms with Gasteiger partial charge in [-0.15, -0.1) is 0 Å². The van der Waals surface area contributed by atoms with Gasteiger partial charge >= 0.3 is 0 Å². The summed E-state index contributed by atoms with van der Waals surface area (Å²) in [7, 11) is 5.30. The molecule has 1 aliphatic heterocycles. The average Bonchev–Trinajstić information content (AvgIpc) is 2.58. The van der Waals surface area contributed by atoms with Gasteiger partial charge in [-0.25, -0.2) is 0 Å². The molecule has 126 valence electrons. The largest absolute Gasteiger partial charge is 0.504 e. The van der Waals surface area contributed by atoms with Crippen molar-refractivity contribution in [1.29, 1.82) is 0 Å². The molecule has 0 saturated carbocycles. The van der Waals surface area contributed by atoms with Crippen LogP contribution in [0.5, 0.6) is 23.0 Å². The first kappa shape index (κ1) is 15.1. The van der Waals surface area contributed by atoms with Gasteiger partial charge in [-0.3, -0.25) is 0 Å². The third kappa shape index (κ3) is 1.97. The number of likely N-dealkylation sites (N-methyl/N-ethyl adjacent to an activating group) is 1. The second kappa shape index (κ2) is 5.31. The monoisotopic (exact) mass is 328 g/mol. The van der Waals surface area contributed by atoms with E-state index in [1.54, 1.807) is 13.2 Å². The lowest BCUT2D eigenvalue weighted by Crippen LogP contribution is -3.10. The third-order valence-corrected chi connectivity index (χ3v) is 5.44. The van der Waals surface area contributed by atoms with Crippen LogP contribution in [-0.4, -0.2) is 38.0 Å². The zero-order valence-corrected chi connectivity index (χ0v) is 14.1. The zero-order chi connectivity index (χ0) is 17.0. The Morgan fingerprint density at radius 1 is 1.04 bits per heavy atom. The van der Waals surface area contributed by atoms with Crippen molar-refractivity contribution in [2.24, 2.45) is 0 Å². The molecule has 2 atom stereocenters. The van der Waals surface area contributed by atoms with E-state index in [1.165, 1.54) is 23.1 Å². The minimum atomic E-state index is 0.135. The summed E-state index contributed by atoms with van der Waals surface area (Å²) in [5.74, 6) is 1.22. The lowest BCUT2D eigenvalue weighted by atomic mass is 9.76. The molecule has 24 heavy (non-hydrogen) atoms. The standard InChI is InChI=1S/C19H21NO4/c1-20-5-4-10-8-16(24-3)19(22)18-12-9-15(23-2)14(21)7-11(12)6-13(20)17(10)18/h7-9,13,21-22H,4-6H2,1-3H3/p+1/t13-/m0/s1. The maximum Gasteiger partial charge on any atom is 0.166 e. The Morgan fingerprint density at radius 3 is 2.50 bits per heavy atom. The maximum atomic E-state index is 10.8. The van der Waals surface area contributed by atoms with Gasteiger partial charge < -0.3 is 24.6 Å². The molecule has 1 unspecified atom stereocenters. The van der Waals surface area contributed by atoms with E-state index in [1.807, 2.05) is 12.1 Å². The van der Waals surface area contributed by atoms with Gasteiger partial charge in [0.15, 0.2) is 23.0 Å². The quantitative estimate of drug-likeness (QED) is 0.781. The number of fused-ring (bicyclic) bond motifs is 2. The topological polar surface area (TPSA) is 63.4 Å². The van der Waals surface area contributed by atoms with Crippen molar-refractivity contribution >= 4 is 0 Å². The molecule has 0 amide bonds. The van der Waals surface area contributed by atoms with Crippen molar-refractivity contribution in [2.45, 2.75) is 18.9 Å². The summed E-state index contributed by atoms with van der Waals surface area (Å²) in [4.78, 5) is 1.43. The fourth-order valence-electron chi connectivity index (χ4n) is 4.17. The first-order chi connectivity index (χ1) is 11.5. The number of benzene rings is 2. The lowest BCUT2D eigenvalue weighted by molar-refractivity contribution is -0.914. The number of methoxy groups -OCH3 is 2. The SMILES string of the molecule is COc1cc2c(cc1O)C[C@H]1c3c(cc(OC)c(O)c3-2)CC[NH+]1C. The van der Waals surface area contributed by atoms with Crippen LogP contribution in [0.1, 0.15) is 22.7 Å². The molecule has 0 fully saturated rings. The molecule has 5 nitrogen and oxygen atoms in total. The van der Waals surface area contributed by atoms with Crippen LogP contribution in [0.2, 0.25) is 0 Å². The maximum absolute atomic E-state index is 10.8. The van der Waals surface area contributed by atoms with Crippen molar-refractivity contribution in [1.82, 2.24) is 0 Å². The van der Waals surface area contributed by atoms with Gasteiger partial charge in [-0.05, 0) is 34.9 Å². The van der Waals surface area contributed by atoms with Gasteiger partial charge in [-0.2, -0.15) is 0 Å². The number of aromatic hydroxyl groups is 2. The summed E-state index contributed by atoms with van der Waals surface area (Å²) in [6.07, 6.45) is 1.80. The van der Waals surface area contributed by atoms with Crippen LogP contribution in [0.4, 0.5) is 0 Å². The Balaban J connectivity index is 2.06. The third-order valence-electron chi connectivity index (χ3n) is 5.44. The van der Waals surface area contributed by atoms with Crippen molar-refractivity contribution in [3.8, 4) is 34.1 Å². The summed E-state index contributed by atoms with van der Waals surface area (Å²) in [5.41, 5.74) is 5.22. The van der Waals surface area contributed by atoms with Gasteiger partial charge in [-0.1, -0.05) is 0 Å². The van der Waals surface area contributed by atoms with Gasteiger partial charge in [0.25, 0.3) is 0 Å². The van der Waals surface area contributed by atoms with E-state index in [9.17, 15) is 10.2 Å². The Bertz CT molecular complexity index is 831. The molecule has 0 spiro atoms. The average molecular weight is 328 g/mol. The molecule has 3 N–H and O–H groups in total. The molecule has 0 bridgehead atoms. The van der Waals surface area contributed by atoms with E-state index in [0.717, 1.165) is 36.1 Å². The number of nitrogens with one attached hydrogen (secondary N) is 1. The van der Waals surface area contributed by atoms with Crippen molar-refractivity contribution in [2.75, 3.05) is 27.8 Å². The Hall–Kier alpha value is -2.40. The van der Waals surface area contributed by atoms with Crippen LogP contribution in [0.25, 0.3) is 11.1 Å². The molecular weight excluding hydrogens is 306 g/mol. The number of hydrogen-bond acceptors (Lipinski definition) is 4. The van der Waals surface area contributed by atoms with Crippen LogP contribution in [-0.2, 0) is 12.8 Å². The number of quaternary nitrogens is 1. The van der Waals surface area contributed by atoms with Gasteiger partial charge in [0.2, 0.25) is 0 Å². The summed E-state index contributed by atoms with van der Waals surface area (Å²) >= 11 is 0. The summed E-state index contributed by atoms with van der Waals surface area (Å²) < 4.78 is 10.7. The Kier molecular flexibility index (Phi) is 3.35. The van der Waals surface area contributed by atoms with E-state index in [2.05, 4.69) is 7.05 Å². The first-order valence-corrected chi connectivity index (χ1v) is 8.20. The van der Waals surface area contributed by atoms with Gasteiger partial charge in [0.1, 0.15) is 6.04 Å². The zero-order valence-electron chi connectivity index (χ0n) is 14.1. The Labute approximate surface area is 141 Å². The van der Waals surface area contributed by atoms with Gasteiger partial charge in [0, 0.05) is 24.0 Å².